The summed E-state index contributed by atoms with van der Waals surface area (Å²) >= 11 is 6.10. The number of rotatable bonds is 22. The van der Waals surface area contributed by atoms with Crippen LogP contribution >= 0.6 is 11.6 Å². The van der Waals surface area contributed by atoms with Crippen molar-refractivity contribution >= 4 is 41.1 Å². The Morgan fingerprint density at radius 1 is 0.938 bits per heavy atom. The van der Waals surface area contributed by atoms with Crippen LogP contribution in [0, 0.1) is 23.7 Å². The van der Waals surface area contributed by atoms with Gasteiger partial charge < -0.3 is 51.7 Å². The van der Waals surface area contributed by atoms with Gasteiger partial charge in [0.2, 0.25) is 5.91 Å². The number of aliphatic hydroxyl groups is 2. The molecule has 1 saturated heterocycles. The lowest BCUT2D eigenvalue weighted by atomic mass is 9.93. The first-order valence-corrected chi connectivity index (χ1v) is 22.1. The molecule has 1 aliphatic carbocycles. The third kappa shape index (κ3) is 12.9. The second kappa shape index (κ2) is 23.2. The van der Waals surface area contributed by atoms with Crippen LogP contribution in [0.3, 0.4) is 0 Å². The molecular weight excluding hydrogens is 842 g/mol. The number of benzene rings is 3. The number of nitrogens with one attached hydrogen (secondary N) is 2. The van der Waals surface area contributed by atoms with Gasteiger partial charge in [-0.25, -0.2) is 14.8 Å². The second-order valence-corrected chi connectivity index (χ2v) is 16.9. The number of piperidine rings is 1. The number of nitrogens with two attached hydrogens (primary N) is 2. The summed E-state index contributed by atoms with van der Waals surface area (Å²) in [6, 6.07) is 24.3. The SMILES string of the molecule is Cc1ccccc1C[C@@H](CNC(=O)c1nc(Cl)c(N)nc1N)CN(CC1CCN(C(=O)CCNCCC(O)CC(O)CON=O)CC1)C(=O)OCC1c2ccccc2-c2ccccc21. The number of amides is 3. The van der Waals surface area contributed by atoms with Gasteiger partial charge in [0.1, 0.15) is 13.2 Å². The van der Waals surface area contributed by atoms with Crippen molar-refractivity contribution in [3.63, 3.8) is 0 Å². The quantitative estimate of drug-likeness (QED) is 0.0351. The molecule has 342 valence electrons. The number of ether oxygens (including phenoxy) is 1. The summed E-state index contributed by atoms with van der Waals surface area (Å²) in [6.45, 7) is 4.63. The molecule has 1 aliphatic heterocycles. The van der Waals surface area contributed by atoms with E-state index in [0.717, 1.165) is 33.4 Å². The van der Waals surface area contributed by atoms with Crippen LogP contribution in [0.1, 0.15) is 70.8 Å². The number of nitrogens with zero attached hydrogens (tertiary/aromatic N) is 5. The molecule has 17 nitrogen and oxygen atoms in total. The van der Waals surface area contributed by atoms with E-state index < -0.39 is 24.2 Å². The number of halogens is 1. The molecule has 3 amide bonds. The van der Waals surface area contributed by atoms with Crippen LogP contribution in [-0.2, 0) is 20.8 Å². The van der Waals surface area contributed by atoms with Crippen molar-refractivity contribution in [2.24, 2.45) is 17.2 Å². The zero-order valence-corrected chi connectivity index (χ0v) is 36.8. The fraction of sp³-hybridized carbons (Fsp3) is 0.457. The van der Waals surface area contributed by atoms with Gasteiger partial charge in [0.15, 0.2) is 27.8 Å². The molecule has 0 bridgehead atoms. The highest BCUT2D eigenvalue weighted by Gasteiger charge is 2.32. The Morgan fingerprint density at radius 3 is 2.30 bits per heavy atom. The molecule has 0 radical (unpaired) electrons. The average Bonchev–Trinajstić information content (AvgIpc) is 3.61. The molecule has 64 heavy (non-hydrogen) atoms. The number of likely N-dealkylation sites (tertiary alicyclic amines) is 1. The number of carbonyl (C=O) groups excluding carboxylic acids is 3. The molecule has 4 aromatic rings. The maximum Gasteiger partial charge on any atom is 0.409 e. The Balaban J connectivity index is 1.11. The predicted molar refractivity (Wildman–Crippen MR) is 243 cm³/mol. The van der Waals surface area contributed by atoms with E-state index in [0.29, 0.717) is 58.4 Å². The van der Waals surface area contributed by atoms with Crippen molar-refractivity contribution in [2.75, 3.05) is 70.5 Å². The van der Waals surface area contributed by atoms with Gasteiger partial charge in [0, 0.05) is 58.0 Å². The second-order valence-electron chi connectivity index (χ2n) is 16.6. The van der Waals surface area contributed by atoms with Gasteiger partial charge in [0.05, 0.1) is 12.2 Å². The van der Waals surface area contributed by atoms with Gasteiger partial charge in [-0.2, -0.15) is 0 Å². The monoisotopic (exact) mass is 899 g/mol. The number of anilines is 2. The summed E-state index contributed by atoms with van der Waals surface area (Å²) in [5, 5.41) is 28.1. The molecule has 1 aromatic heterocycles. The van der Waals surface area contributed by atoms with Gasteiger partial charge >= 0.3 is 6.09 Å². The third-order valence-electron chi connectivity index (χ3n) is 12.0. The van der Waals surface area contributed by atoms with E-state index in [1.807, 2.05) is 60.4 Å². The van der Waals surface area contributed by atoms with E-state index in [4.69, 9.17) is 27.8 Å². The van der Waals surface area contributed by atoms with Crippen LogP contribution < -0.4 is 22.1 Å². The number of fused-ring (bicyclic) bond motifs is 3. The topological polar surface area (TPSA) is 248 Å². The Labute approximate surface area is 377 Å². The van der Waals surface area contributed by atoms with E-state index in [2.05, 4.69) is 55.0 Å². The Morgan fingerprint density at radius 2 is 1.61 bits per heavy atom. The number of nitrogen functional groups attached to an aromatic ring is 2. The van der Waals surface area contributed by atoms with Gasteiger partial charge in [-0.3, -0.25) is 9.59 Å². The largest absolute Gasteiger partial charge is 0.448 e. The normalized spacial score (nSPS) is 15.1. The van der Waals surface area contributed by atoms with Crippen molar-refractivity contribution in [1.29, 1.82) is 0 Å². The zero-order valence-electron chi connectivity index (χ0n) is 36.0. The van der Waals surface area contributed by atoms with E-state index in [-0.39, 0.29) is 85.3 Å². The highest BCUT2D eigenvalue weighted by Crippen LogP contribution is 2.44. The van der Waals surface area contributed by atoms with Gasteiger partial charge in [-0.1, -0.05) is 84.4 Å². The molecule has 3 aromatic carbocycles. The average molecular weight is 900 g/mol. The standard InChI is InChI=1S/C46H58ClN9O8/c1-29-8-2-3-9-32(29)22-31(24-51-45(60)41-43(48)53-44(49)42(47)52-41)26-56(46(61)63-28-39-37-12-6-4-10-35(37)36-11-5-7-13-38(36)39)25-30-16-20-55(21-17-30)40(59)15-19-50-18-14-33(57)23-34(58)27-64-54-62/h2-13,30-31,33-34,39,50,57-58H,14-28H2,1H3,(H,51,60)(H4,48,49,53)/t31-,33?,34?/m0/s1. The van der Waals surface area contributed by atoms with Gasteiger partial charge in [0.25, 0.3) is 5.91 Å². The smallest absolute Gasteiger partial charge is 0.409 e. The molecule has 2 heterocycles. The summed E-state index contributed by atoms with van der Waals surface area (Å²) < 4.78 is 6.24. The first-order valence-electron chi connectivity index (χ1n) is 21.7. The number of aryl methyl sites for hydroxylation is 1. The number of hydrogen-bond acceptors (Lipinski definition) is 14. The molecule has 2 aliphatic rings. The molecular formula is C46H58ClN9O8. The third-order valence-corrected chi connectivity index (χ3v) is 12.3. The van der Waals surface area contributed by atoms with Crippen molar-refractivity contribution in [2.45, 2.75) is 63.6 Å². The minimum atomic E-state index is -1.01. The molecule has 8 N–H and O–H groups in total. The van der Waals surface area contributed by atoms with Crippen molar-refractivity contribution in [3.05, 3.63) is 111 Å². The zero-order chi connectivity index (χ0) is 45.6. The summed E-state index contributed by atoms with van der Waals surface area (Å²) in [5.74, 6) is -1.12. The minimum absolute atomic E-state index is 0.00979. The van der Waals surface area contributed by atoms with Crippen LogP contribution in [0.25, 0.3) is 11.1 Å². The van der Waals surface area contributed by atoms with E-state index in [1.165, 1.54) is 0 Å². The number of aromatic nitrogens is 2. The van der Waals surface area contributed by atoms with E-state index >= 15 is 0 Å². The molecule has 2 unspecified atom stereocenters. The van der Waals surface area contributed by atoms with Crippen molar-refractivity contribution < 1.29 is 34.2 Å². The van der Waals surface area contributed by atoms with Crippen molar-refractivity contribution in [1.82, 2.24) is 30.4 Å². The first-order chi connectivity index (χ1) is 30.9. The highest BCUT2D eigenvalue weighted by molar-refractivity contribution is 6.31. The van der Waals surface area contributed by atoms with Crippen LogP contribution in [-0.4, -0.2) is 119 Å². The highest BCUT2D eigenvalue weighted by atomic mass is 35.5. The molecule has 0 spiro atoms. The van der Waals surface area contributed by atoms with E-state index in [9.17, 15) is 29.5 Å². The molecule has 18 heteroatoms. The predicted octanol–water partition coefficient (Wildman–Crippen LogP) is 4.86. The van der Waals surface area contributed by atoms with Gasteiger partial charge in [-0.15, -0.1) is 4.91 Å². The van der Waals surface area contributed by atoms with Crippen LogP contribution in [0.2, 0.25) is 5.15 Å². The van der Waals surface area contributed by atoms with E-state index in [1.54, 1.807) is 4.90 Å². The van der Waals surface area contributed by atoms with Crippen molar-refractivity contribution in [3.8, 4) is 11.1 Å². The fourth-order valence-corrected chi connectivity index (χ4v) is 8.67. The number of hydrogen-bond donors (Lipinski definition) is 6. The Kier molecular flexibility index (Phi) is 17.2. The lowest BCUT2D eigenvalue weighted by Gasteiger charge is -2.36. The number of carbonyl (C=O) groups is 3. The minimum Gasteiger partial charge on any atom is -0.448 e. The maximum absolute atomic E-state index is 14.4. The summed E-state index contributed by atoms with van der Waals surface area (Å²) in [5.41, 5.74) is 18.2. The lowest BCUT2D eigenvalue weighted by Crippen LogP contribution is -2.46. The lowest BCUT2D eigenvalue weighted by molar-refractivity contribution is -0.132. The summed E-state index contributed by atoms with van der Waals surface area (Å²) in [7, 11) is 0. The molecule has 3 atom stereocenters. The summed E-state index contributed by atoms with van der Waals surface area (Å²) in [4.78, 5) is 67.1. The first kappa shape index (κ1) is 47.6. The molecule has 0 saturated carbocycles. The molecule has 6 rings (SSSR count). The Bertz CT molecular complexity index is 2180. The summed E-state index contributed by atoms with van der Waals surface area (Å²) in [6.07, 6.45) is 0.301. The fourth-order valence-electron chi connectivity index (χ4n) is 8.54. The van der Waals surface area contributed by atoms with Crippen LogP contribution in [0.5, 0.6) is 0 Å². The van der Waals surface area contributed by atoms with Crippen LogP contribution in [0.15, 0.2) is 78.1 Å². The van der Waals surface area contributed by atoms with Gasteiger partial charge in [-0.05, 0) is 84.4 Å². The Hall–Kier alpha value is -5.88. The maximum atomic E-state index is 14.4. The number of aliphatic hydroxyl groups excluding tert-OH is 2. The molecule has 1 fully saturated rings. The van der Waals surface area contributed by atoms with Crippen LogP contribution in [0.4, 0.5) is 16.4 Å².